The summed E-state index contributed by atoms with van der Waals surface area (Å²) in [7, 11) is 0. The van der Waals surface area contributed by atoms with Gasteiger partial charge in [0.15, 0.2) is 6.29 Å². The van der Waals surface area contributed by atoms with Gasteiger partial charge in [-0.25, -0.2) is 0 Å². The second-order valence-electron chi connectivity index (χ2n) is 27.8. The van der Waals surface area contributed by atoms with Gasteiger partial charge in [0.2, 0.25) is 5.91 Å². The van der Waals surface area contributed by atoms with E-state index in [1.54, 1.807) is 6.08 Å². The normalized spacial score (nSPS) is 17.7. The van der Waals surface area contributed by atoms with E-state index in [1.807, 2.05) is 6.08 Å². The first-order valence-electron chi connectivity index (χ1n) is 39.6. The molecule has 0 saturated carbocycles. The third kappa shape index (κ3) is 56.5. The monoisotopic (exact) mass is 1270 g/mol. The molecule has 1 aliphatic heterocycles. The molecule has 11 nitrogen and oxygen atoms in total. The van der Waals surface area contributed by atoms with E-state index in [-0.39, 0.29) is 18.5 Å². The molecular weight excluding hydrogens is 1120 g/mol. The van der Waals surface area contributed by atoms with E-state index in [9.17, 15) is 35.1 Å². The molecule has 0 aromatic carbocycles. The Labute approximate surface area is 556 Å². The lowest BCUT2D eigenvalue weighted by molar-refractivity contribution is -0.302. The minimum atomic E-state index is -1.57. The fraction of sp³-hybridized carbons (Fsp3) is 0.924. The van der Waals surface area contributed by atoms with Crippen molar-refractivity contribution in [2.24, 2.45) is 0 Å². The second kappa shape index (κ2) is 68.5. The number of carbonyl (C=O) groups is 2. The zero-order valence-corrected chi connectivity index (χ0v) is 59.4. The summed E-state index contributed by atoms with van der Waals surface area (Å²) in [5.74, 6) is -0.166. The molecular formula is C79H151NO10. The van der Waals surface area contributed by atoms with Gasteiger partial charge in [0.1, 0.15) is 24.4 Å². The minimum absolute atomic E-state index is 0.0186. The molecule has 1 saturated heterocycles. The van der Waals surface area contributed by atoms with Gasteiger partial charge in [-0.15, -0.1) is 0 Å². The van der Waals surface area contributed by atoms with Crippen molar-refractivity contribution >= 4 is 11.9 Å². The number of carbonyl (C=O) groups excluding carboxylic acids is 2. The van der Waals surface area contributed by atoms with Crippen LogP contribution in [0.2, 0.25) is 0 Å². The highest BCUT2D eigenvalue weighted by Crippen LogP contribution is 2.24. The van der Waals surface area contributed by atoms with Crippen molar-refractivity contribution in [2.75, 3.05) is 19.8 Å². The molecule has 7 atom stereocenters. The molecule has 0 aliphatic carbocycles. The van der Waals surface area contributed by atoms with Crippen LogP contribution in [0.4, 0.5) is 0 Å². The van der Waals surface area contributed by atoms with Gasteiger partial charge < -0.3 is 45.1 Å². The number of amides is 1. The molecule has 0 radical (unpaired) electrons. The Morgan fingerprint density at radius 1 is 0.400 bits per heavy atom. The Kier molecular flexibility index (Phi) is 65.6. The lowest BCUT2D eigenvalue weighted by Crippen LogP contribution is -2.60. The second-order valence-corrected chi connectivity index (χ2v) is 27.8. The first kappa shape index (κ1) is 86.2. The maximum absolute atomic E-state index is 13.1. The molecule has 6 N–H and O–H groups in total. The highest BCUT2D eigenvalue weighted by molar-refractivity contribution is 5.76. The Balaban J connectivity index is 1.88. The van der Waals surface area contributed by atoms with Crippen molar-refractivity contribution in [1.82, 2.24) is 5.32 Å². The summed E-state index contributed by atoms with van der Waals surface area (Å²) in [4.78, 5) is 25.1. The SMILES string of the molecule is CCCCCCCC/C=C/CC/C=C/C(O)C(COC1OC(CO)C(O)C(O)C1O)NC(=O)CCCCCCCCCCCCCCCCCCCCCCCCCCCCCCCCCCCCCCCCCOC(=O)CCCCCCCCCCCCC. The Hall–Kier alpha value is -1.86. The predicted molar refractivity (Wildman–Crippen MR) is 380 cm³/mol. The van der Waals surface area contributed by atoms with Gasteiger partial charge in [-0.1, -0.05) is 372 Å². The summed E-state index contributed by atoms with van der Waals surface area (Å²) in [5.41, 5.74) is 0. The van der Waals surface area contributed by atoms with Crippen molar-refractivity contribution in [2.45, 2.75) is 448 Å². The Morgan fingerprint density at radius 2 is 0.722 bits per heavy atom. The smallest absolute Gasteiger partial charge is 0.305 e. The molecule has 1 aliphatic rings. The molecule has 0 aromatic rings. The van der Waals surface area contributed by atoms with Gasteiger partial charge in [-0.3, -0.25) is 9.59 Å². The van der Waals surface area contributed by atoms with E-state index >= 15 is 0 Å². The van der Waals surface area contributed by atoms with E-state index in [2.05, 4.69) is 31.3 Å². The average Bonchev–Trinajstić information content (AvgIpc) is 1.01. The fourth-order valence-corrected chi connectivity index (χ4v) is 12.9. The number of esters is 1. The van der Waals surface area contributed by atoms with E-state index < -0.39 is 49.5 Å². The van der Waals surface area contributed by atoms with Gasteiger partial charge in [-0.05, 0) is 44.9 Å². The minimum Gasteiger partial charge on any atom is -0.466 e. The van der Waals surface area contributed by atoms with Gasteiger partial charge in [0, 0.05) is 12.8 Å². The third-order valence-corrected chi connectivity index (χ3v) is 19.1. The standard InChI is InChI=1S/C79H151NO10/c1-3-5-7-9-11-13-15-46-49-53-57-61-65-72(82)71(70-89-79-78(87)77(86)76(85)73(69-81)90-79)80-74(83)66-62-58-54-50-47-43-41-39-37-35-33-31-29-27-25-23-21-19-17-16-18-20-22-24-26-28-30-32-34-36-38-40-42-44-48-52-56-60-64-68-88-75(84)67-63-59-55-51-45-14-12-10-8-6-4-2/h46,49,61,65,71-73,76-79,81-82,85-87H,3-45,47-48,50-60,62-64,66-70H2,1-2H3,(H,80,83)/b49-46+,65-61+. The molecule has 532 valence electrons. The fourth-order valence-electron chi connectivity index (χ4n) is 12.9. The lowest BCUT2D eigenvalue weighted by Gasteiger charge is -2.40. The topological polar surface area (TPSA) is 175 Å². The third-order valence-electron chi connectivity index (χ3n) is 19.1. The number of aliphatic hydroxyl groups excluding tert-OH is 5. The van der Waals surface area contributed by atoms with Gasteiger partial charge in [-0.2, -0.15) is 0 Å². The predicted octanol–water partition coefficient (Wildman–Crippen LogP) is 21.1. The Morgan fingerprint density at radius 3 is 1.10 bits per heavy atom. The van der Waals surface area contributed by atoms with Crippen molar-refractivity contribution in [3.8, 4) is 0 Å². The van der Waals surface area contributed by atoms with E-state index in [0.717, 1.165) is 51.4 Å². The number of nitrogens with one attached hydrogen (secondary N) is 1. The van der Waals surface area contributed by atoms with Crippen LogP contribution in [0.15, 0.2) is 24.3 Å². The highest BCUT2D eigenvalue weighted by atomic mass is 16.7. The zero-order chi connectivity index (χ0) is 65.1. The largest absolute Gasteiger partial charge is 0.466 e. The summed E-state index contributed by atoms with van der Waals surface area (Å²) in [6.07, 6.45) is 78.0. The van der Waals surface area contributed by atoms with Crippen LogP contribution in [-0.2, 0) is 23.8 Å². The van der Waals surface area contributed by atoms with Crippen molar-refractivity contribution in [3.05, 3.63) is 24.3 Å². The maximum Gasteiger partial charge on any atom is 0.305 e. The van der Waals surface area contributed by atoms with E-state index in [0.29, 0.717) is 19.4 Å². The first-order chi connectivity index (χ1) is 44.2. The molecule has 90 heavy (non-hydrogen) atoms. The molecule has 1 amide bonds. The molecule has 0 spiro atoms. The number of hydrogen-bond acceptors (Lipinski definition) is 10. The summed E-state index contributed by atoms with van der Waals surface area (Å²) in [6.45, 7) is 4.36. The molecule has 1 heterocycles. The molecule has 1 fully saturated rings. The van der Waals surface area contributed by atoms with Crippen molar-refractivity contribution in [1.29, 1.82) is 0 Å². The summed E-state index contributed by atoms with van der Waals surface area (Å²) < 4.78 is 16.7. The number of ether oxygens (including phenoxy) is 3. The van der Waals surface area contributed by atoms with Crippen LogP contribution in [-0.4, -0.2) is 100 Å². The number of aliphatic hydroxyl groups is 5. The Bertz CT molecular complexity index is 1540. The molecule has 0 aromatic heterocycles. The molecule has 0 bridgehead atoms. The summed E-state index contributed by atoms with van der Waals surface area (Å²) >= 11 is 0. The van der Waals surface area contributed by atoms with Gasteiger partial charge in [0.25, 0.3) is 0 Å². The lowest BCUT2D eigenvalue weighted by atomic mass is 9.99. The van der Waals surface area contributed by atoms with Crippen molar-refractivity contribution < 1.29 is 49.3 Å². The average molecular weight is 1280 g/mol. The van der Waals surface area contributed by atoms with Crippen LogP contribution in [0.3, 0.4) is 0 Å². The van der Waals surface area contributed by atoms with E-state index in [1.165, 1.54) is 327 Å². The molecule has 7 unspecified atom stereocenters. The van der Waals surface area contributed by atoms with Crippen LogP contribution in [0.25, 0.3) is 0 Å². The number of rotatable bonds is 71. The van der Waals surface area contributed by atoms with Crippen LogP contribution in [0.1, 0.15) is 406 Å². The number of allylic oxidation sites excluding steroid dienone is 3. The van der Waals surface area contributed by atoms with Gasteiger partial charge in [0.05, 0.1) is 32.0 Å². The first-order valence-corrected chi connectivity index (χ1v) is 39.6. The van der Waals surface area contributed by atoms with Crippen molar-refractivity contribution in [3.63, 3.8) is 0 Å². The number of hydrogen-bond donors (Lipinski definition) is 6. The van der Waals surface area contributed by atoms with Gasteiger partial charge >= 0.3 is 5.97 Å². The van der Waals surface area contributed by atoms with Crippen LogP contribution >= 0.6 is 0 Å². The quantitative estimate of drug-likeness (QED) is 0.0195. The maximum atomic E-state index is 13.1. The summed E-state index contributed by atoms with van der Waals surface area (Å²) in [6, 6.07) is -0.822. The zero-order valence-electron chi connectivity index (χ0n) is 59.4. The van der Waals surface area contributed by atoms with Crippen LogP contribution in [0.5, 0.6) is 0 Å². The van der Waals surface area contributed by atoms with Crippen LogP contribution < -0.4 is 5.32 Å². The molecule has 1 rings (SSSR count). The summed E-state index contributed by atoms with van der Waals surface area (Å²) in [5, 5.41) is 54.5. The number of unbranched alkanes of at least 4 members (excludes halogenated alkanes) is 55. The highest BCUT2D eigenvalue weighted by Gasteiger charge is 2.44. The van der Waals surface area contributed by atoms with Crippen LogP contribution in [0, 0.1) is 0 Å². The molecule has 11 heteroatoms. The van der Waals surface area contributed by atoms with E-state index in [4.69, 9.17) is 14.2 Å².